The van der Waals surface area contributed by atoms with E-state index in [9.17, 15) is 9.59 Å². The Kier molecular flexibility index (Phi) is 7.03. The highest BCUT2D eigenvalue weighted by Crippen LogP contribution is 2.26. The molecule has 20 heavy (non-hydrogen) atoms. The summed E-state index contributed by atoms with van der Waals surface area (Å²) in [5.74, 6) is -1.09. The Balaban J connectivity index is 2.55. The lowest BCUT2D eigenvalue weighted by molar-refractivity contribution is 0.0698. The van der Waals surface area contributed by atoms with Crippen LogP contribution in [0.4, 0.5) is 10.5 Å². The maximum atomic E-state index is 11.7. The summed E-state index contributed by atoms with van der Waals surface area (Å²) in [6, 6.07) is 4.30. The standard InChI is InChI=1S/C13H18BrN3O3/c1-2-15-7-4-8-16-13(20)17-11-9(12(18)19)5-3-6-10(11)14/h3,5-6,15H,2,4,7-8H2,1H3,(H,18,19)(H2,16,17,20). The summed E-state index contributed by atoms with van der Waals surface area (Å²) in [4.78, 5) is 22.8. The van der Waals surface area contributed by atoms with Gasteiger partial charge < -0.3 is 21.1 Å². The van der Waals surface area contributed by atoms with Gasteiger partial charge in [0.1, 0.15) is 0 Å². The topological polar surface area (TPSA) is 90.5 Å². The first-order valence-electron chi connectivity index (χ1n) is 6.33. The van der Waals surface area contributed by atoms with Crippen LogP contribution in [0.3, 0.4) is 0 Å². The molecule has 0 radical (unpaired) electrons. The molecule has 0 saturated carbocycles. The zero-order valence-electron chi connectivity index (χ0n) is 11.2. The fourth-order valence-corrected chi connectivity index (χ4v) is 2.04. The molecule has 2 amide bonds. The third-order valence-corrected chi connectivity index (χ3v) is 3.21. The Morgan fingerprint density at radius 2 is 2.05 bits per heavy atom. The molecule has 0 fully saturated rings. The molecule has 6 nitrogen and oxygen atoms in total. The highest BCUT2D eigenvalue weighted by atomic mass is 79.9. The maximum absolute atomic E-state index is 11.7. The number of para-hydroxylation sites is 1. The highest BCUT2D eigenvalue weighted by Gasteiger charge is 2.14. The summed E-state index contributed by atoms with van der Waals surface area (Å²) in [5, 5.41) is 17.5. The van der Waals surface area contributed by atoms with Gasteiger partial charge in [0, 0.05) is 11.0 Å². The molecule has 1 rings (SSSR count). The van der Waals surface area contributed by atoms with E-state index in [1.807, 2.05) is 6.92 Å². The number of benzene rings is 1. The SMILES string of the molecule is CCNCCCNC(=O)Nc1c(Br)cccc1C(=O)O. The summed E-state index contributed by atoms with van der Waals surface area (Å²) in [5.41, 5.74) is 0.298. The molecule has 0 aliphatic carbocycles. The van der Waals surface area contributed by atoms with Crippen LogP contribution in [0.15, 0.2) is 22.7 Å². The molecule has 0 aromatic heterocycles. The number of amides is 2. The first-order chi connectivity index (χ1) is 9.56. The number of rotatable bonds is 7. The number of aromatic carboxylic acids is 1. The summed E-state index contributed by atoms with van der Waals surface area (Å²) in [7, 11) is 0. The third kappa shape index (κ3) is 5.18. The van der Waals surface area contributed by atoms with E-state index in [2.05, 4.69) is 31.9 Å². The average molecular weight is 344 g/mol. The van der Waals surface area contributed by atoms with Crippen molar-refractivity contribution in [2.45, 2.75) is 13.3 Å². The van der Waals surface area contributed by atoms with Gasteiger partial charge in [0.25, 0.3) is 0 Å². The number of urea groups is 1. The number of carbonyl (C=O) groups is 2. The quantitative estimate of drug-likeness (QED) is 0.571. The maximum Gasteiger partial charge on any atom is 0.337 e. The zero-order valence-corrected chi connectivity index (χ0v) is 12.8. The summed E-state index contributed by atoms with van der Waals surface area (Å²) >= 11 is 3.23. The van der Waals surface area contributed by atoms with E-state index in [0.717, 1.165) is 19.5 Å². The van der Waals surface area contributed by atoms with E-state index < -0.39 is 12.0 Å². The van der Waals surface area contributed by atoms with Gasteiger partial charge in [0.05, 0.1) is 11.3 Å². The molecule has 110 valence electrons. The van der Waals surface area contributed by atoms with Crippen molar-refractivity contribution in [1.29, 1.82) is 0 Å². The van der Waals surface area contributed by atoms with Crippen LogP contribution in [0.5, 0.6) is 0 Å². The van der Waals surface area contributed by atoms with E-state index in [4.69, 9.17) is 5.11 Å². The molecule has 0 saturated heterocycles. The zero-order chi connectivity index (χ0) is 15.0. The second-order valence-corrected chi connectivity index (χ2v) is 4.91. The van der Waals surface area contributed by atoms with Crippen LogP contribution < -0.4 is 16.0 Å². The van der Waals surface area contributed by atoms with E-state index in [1.54, 1.807) is 12.1 Å². The van der Waals surface area contributed by atoms with Crippen molar-refractivity contribution in [2.24, 2.45) is 0 Å². The molecule has 0 unspecified atom stereocenters. The van der Waals surface area contributed by atoms with Crippen molar-refractivity contribution in [3.63, 3.8) is 0 Å². The lowest BCUT2D eigenvalue weighted by atomic mass is 10.2. The van der Waals surface area contributed by atoms with Gasteiger partial charge in [0.15, 0.2) is 0 Å². The van der Waals surface area contributed by atoms with Gasteiger partial charge >= 0.3 is 12.0 Å². The predicted octanol–water partition coefficient (Wildman–Crippen LogP) is 2.27. The number of carboxylic acid groups (broad SMARTS) is 1. The van der Waals surface area contributed by atoms with Crippen molar-refractivity contribution < 1.29 is 14.7 Å². The summed E-state index contributed by atoms with van der Waals surface area (Å²) in [6.45, 7) is 4.25. The van der Waals surface area contributed by atoms with E-state index in [-0.39, 0.29) is 11.3 Å². The Morgan fingerprint density at radius 1 is 1.30 bits per heavy atom. The Labute approximate surface area is 126 Å². The third-order valence-electron chi connectivity index (χ3n) is 2.55. The predicted molar refractivity (Wildman–Crippen MR) is 81.3 cm³/mol. The molecular formula is C13H18BrN3O3. The largest absolute Gasteiger partial charge is 0.478 e. The molecule has 7 heteroatoms. The van der Waals surface area contributed by atoms with Gasteiger partial charge in [-0.15, -0.1) is 0 Å². The van der Waals surface area contributed by atoms with Crippen LogP contribution in [-0.4, -0.2) is 36.7 Å². The Hall–Kier alpha value is -1.60. The van der Waals surface area contributed by atoms with Gasteiger partial charge in [-0.2, -0.15) is 0 Å². The lowest BCUT2D eigenvalue weighted by Crippen LogP contribution is -2.31. The molecule has 0 aliphatic heterocycles. The minimum Gasteiger partial charge on any atom is -0.478 e. The van der Waals surface area contributed by atoms with Crippen LogP contribution in [0.1, 0.15) is 23.7 Å². The number of carboxylic acids is 1. The smallest absolute Gasteiger partial charge is 0.337 e. The molecule has 0 atom stereocenters. The first kappa shape index (κ1) is 16.5. The number of hydrogen-bond acceptors (Lipinski definition) is 3. The van der Waals surface area contributed by atoms with Gasteiger partial charge in [0.2, 0.25) is 0 Å². The fourth-order valence-electron chi connectivity index (χ4n) is 1.58. The number of carbonyl (C=O) groups excluding carboxylic acids is 1. The van der Waals surface area contributed by atoms with Crippen LogP contribution in [0.2, 0.25) is 0 Å². The summed E-state index contributed by atoms with van der Waals surface area (Å²) < 4.78 is 0.528. The second-order valence-electron chi connectivity index (χ2n) is 4.06. The fraction of sp³-hybridized carbons (Fsp3) is 0.385. The molecule has 1 aromatic rings. The highest BCUT2D eigenvalue weighted by molar-refractivity contribution is 9.10. The first-order valence-corrected chi connectivity index (χ1v) is 7.13. The molecule has 0 bridgehead atoms. The van der Waals surface area contributed by atoms with Crippen LogP contribution >= 0.6 is 15.9 Å². The van der Waals surface area contributed by atoms with Crippen molar-refractivity contribution >= 4 is 33.6 Å². The number of anilines is 1. The van der Waals surface area contributed by atoms with Crippen LogP contribution in [0.25, 0.3) is 0 Å². The van der Waals surface area contributed by atoms with Crippen molar-refractivity contribution in [3.8, 4) is 0 Å². The monoisotopic (exact) mass is 343 g/mol. The number of halogens is 1. The lowest BCUT2D eigenvalue weighted by Gasteiger charge is -2.11. The minimum atomic E-state index is -1.09. The molecule has 4 N–H and O–H groups in total. The molecule has 0 heterocycles. The Bertz CT molecular complexity index is 480. The minimum absolute atomic E-state index is 0.0437. The Morgan fingerprint density at radius 3 is 2.70 bits per heavy atom. The van der Waals surface area contributed by atoms with Gasteiger partial charge in [-0.1, -0.05) is 13.0 Å². The van der Waals surface area contributed by atoms with Crippen molar-refractivity contribution in [1.82, 2.24) is 10.6 Å². The van der Waals surface area contributed by atoms with E-state index >= 15 is 0 Å². The molecular weight excluding hydrogens is 326 g/mol. The van der Waals surface area contributed by atoms with Crippen LogP contribution in [-0.2, 0) is 0 Å². The van der Waals surface area contributed by atoms with Crippen molar-refractivity contribution in [3.05, 3.63) is 28.2 Å². The van der Waals surface area contributed by atoms with Gasteiger partial charge in [-0.05, 0) is 47.6 Å². The van der Waals surface area contributed by atoms with Crippen molar-refractivity contribution in [2.75, 3.05) is 25.0 Å². The number of hydrogen-bond donors (Lipinski definition) is 4. The van der Waals surface area contributed by atoms with E-state index in [1.165, 1.54) is 6.07 Å². The molecule has 0 aliphatic rings. The number of nitrogens with one attached hydrogen (secondary N) is 3. The second kappa shape index (κ2) is 8.55. The van der Waals surface area contributed by atoms with Gasteiger partial charge in [-0.3, -0.25) is 0 Å². The molecule has 0 spiro atoms. The van der Waals surface area contributed by atoms with Gasteiger partial charge in [-0.25, -0.2) is 9.59 Å². The normalized spacial score (nSPS) is 10.1. The summed E-state index contributed by atoms with van der Waals surface area (Å²) in [6.07, 6.45) is 0.809. The van der Waals surface area contributed by atoms with Crippen LogP contribution in [0, 0.1) is 0 Å². The van der Waals surface area contributed by atoms with E-state index in [0.29, 0.717) is 11.0 Å². The molecule has 1 aromatic carbocycles. The average Bonchev–Trinajstić information content (AvgIpc) is 2.40.